The van der Waals surface area contributed by atoms with Gasteiger partial charge in [-0.2, -0.15) is 23.3 Å². The molecule has 0 spiro atoms. The second-order valence-corrected chi connectivity index (χ2v) is 8.97. The quantitative estimate of drug-likeness (QED) is 0.758. The lowest BCUT2D eigenvalue weighted by atomic mass is 9.64. The van der Waals surface area contributed by atoms with Gasteiger partial charge in [-0.1, -0.05) is 27.2 Å². The minimum absolute atomic E-state index is 0.00362. The van der Waals surface area contributed by atoms with Crippen molar-refractivity contribution < 1.29 is 27.8 Å². The Hall–Kier alpha value is -1.31. The van der Waals surface area contributed by atoms with Crippen LogP contribution in [0.1, 0.15) is 67.2 Å². The Bertz CT molecular complexity index is 595. The van der Waals surface area contributed by atoms with Crippen LogP contribution in [-0.4, -0.2) is 39.4 Å². The van der Waals surface area contributed by atoms with E-state index >= 15 is 0 Å². The van der Waals surface area contributed by atoms with Crippen molar-refractivity contribution in [2.24, 2.45) is 22.4 Å². The number of alkyl halides is 3. The highest BCUT2D eigenvalue weighted by atomic mass is 19.4. The average molecular weight is 378 g/mol. The Morgan fingerprint density at radius 2 is 1.88 bits per heavy atom. The van der Waals surface area contributed by atoms with Crippen LogP contribution in [0.3, 0.4) is 0 Å². The maximum atomic E-state index is 13.9. The molecular formula is C18H29F3N2O3. The number of carbonyl (C=O) groups is 1. The number of rotatable bonds is 2. The van der Waals surface area contributed by atoms with Crippen molar-refractivity contribution in [3.05, 3.63) is 0 Å². The van der Waals surface area contributed by atoms with Crippen LogP contribution in [0.5, 0.6) is 0 Å². The minimum Gasteiger partial charge on any atom is -0.442 e. The molecule has 1 aliphatic carbocycles. The van der Waals surface area contributed by atoms with Gasteiger partial charge < -0.3 is 9.84 Å². The molecule has 0 radical (unpaired) electrons. The molecule has 2 aliphatic rings. The van der Waals surface area contributed by atoms with Gasteiger partial charge in [-0.15, -0.1) is 0 Å². The fourth-order valence-electron chi connectivity index (χ4n) is 3.70. The third kappa shape index (κ3) is 3.57. The highest BCUT2D eigenvalue weighted by Crippen LogP contribution is 2.52. The van der Waals surface area contributed by atoms with Gasteiger partial charge in [0.1, 0.15) is 5.60 Å². The molecule has 1 amide bonds. The van der Waals surface area contributed by atoms with Gasteiger partial charge >= 0.3 is 12.3 Å². The predicted octanol–water partition coefficient (Wildman–Crippen LogP) is 4.70. The van der Waals surface area contributed by atoms with Crippen LogP contribution >= 0.6 is 0 Å². The Labute approximate surface area is 152 Å². The summed E-state index contributed by atoms with van der Waals surface area (Å²) in [6.07, 6.45) is -4.36. The van der Waals surface area contributed by atoms with E-state index in [0.717, 1.165) is 6.42 Å². The minimum atomic E-state index is -5.04. The number of amides is 1. The summed E-state index contributed by atoms with van der Waals surface area (Å²) in [6, 6.07) is 0. The summed E-state index contributed by atoms with van der Waals surface area (Å²) in [5.41, 5.74) is -4.30. The van der Waals surface area contributed by atoms with Crippen LogP contribution in [0.4, 0.5) is 18.0 Å². The average Bonchev–Trinajstić information content (AvgIpc) is 2.79. The van der Waals surface area contributed by atoms with Crippen molar-refractivity contribution in [2.75, 3.05) is 0 Å². The lowest BCUT2D eigenvalue weighted by Crippen LogP contribution is -2.62. The summed E-state index contributed by atoms with van der Waals surface area (Å²) in [6.45, 7) is 10.7. The van der Waals surface area contributed by atoms with Gasteiger partial charge in [0.15, 0.2) is 0 Å². The highest BCUT2D eigenvalue weighted by Gasteiger charge is 2.70. The number of hydrazone groups is 1. The van der Waals surface area contributed by atoms with Gasteiger partial charge in [-0.3, -0.25) is 0 Å². The summed E-state index contributed by atoms with van der Waals surface area (Å²) < 4.78 is 46.7. The number of ether oxygens (including phenoxy) is 1. The molecule has 0 aromatic carbocycles. The lowest BCUT2D eigenvalue weighted by molar-refractivity contribution is -0.317. The summed E-state index contributed by atoms with van der Waals surface area (Å²) in [7, 11) is 0. The third-order valence-corrected chi connectivity index (χ3v) is 5.71. The van der Waals surface area contributed by atoms with Gasteiger partial charge in [0.2, 0.25) is 0 Å². The van der Waals surface area contributed by atoms with Gasteiger partial charge in [-0.25, -0.2) is 4.79 Å². The van der Waals surface area contributed by atoms with Crippen LogP contribution in [0.15, 0.2) is 5.10 Å². The maximum Gasteiger partial charge on any atom is 0.439 e. The molecule has 150 valence electrons. The summed E-state index contributed by atoms with van der Waals surface area (Å²) in [5, 5.41) is 14.7. The molecule has 1 aliphatic heterocycles. The van der Waals surface area contributed by atoms with Crippen molar-refractivity contribution in [3.8, 4) is 0 Å². The molecule has 5 nitrogen and oxygen atoms in total. The second-order valence-electron chi connectivity index (χ2n) is 8.97. The first-order chi connectivity index (χ1) is 11.6. The number of fused-ring (bicyclic) bond motifs is 1. The van der Waals surface area contributed by atoms with Crippen molar-refractivity contribution in [2.45, 2.75) is 84.7 Å². The molecule has 2 rings (SSSR count). The fourth-order valence-corrected chi connectivity index (χ4v) is 3.70. The maximum absolute atomic E-state index is 13.9. The number of aliphatic hydroxyl groups is 1. The second kappa shape index (κ2) is 6.39. The SMILES string of the molecule is CCC(C)(C)[C@@H]1CCC2=NN(C(=O)OC(C)(C)C)[C@@](O)(C(F)(F)F)[C@@H]2C1. The number of nitrogens with zero attached hydrogens (tertiary/aromatic N) is 2. The zero-order valence-electron chi connectivity index (χ0n) is 16.3. The van der Waals surface area contributed by atoms with E-state index in [1.54, 1.807) is 20.8 Å². The van der Waals surface area contributed by atoms with Crippen LogP contribution in [0.25, 0.3) is 0 Å². The standard InChI is InChI=1S/C18H29F3N2O3/c1-7-16(5,6)11-8-9-13-12(10-11)17(25,18(19,20)21)23(22-13)14(24)26-15(2,3)4/h11-12,25H,7-10H2,1-6H3/t11-,12-,17+/m1/s1. The first-order valence-electron chi connectivity index (χ1n) is 9.03. The topological polar surface area (TPSA) is 62.1 Å². The molecule has 26 heavy (non-hydrogen) atoms. The van der Waals surface area contributed by atoms with Gasteiger partial charge in [0.05, 0.1) is 5.92 Å². The molecule has 1 N–H and O–H groups in total. The lowest BCUT2D eigenvalue weighted by Gasteiger charge is -2.43. The van der Waals surface area contributed by atoms with Crippen LogP contribution in [0, 0.1) is 17.3 Å². The fraction of sp³-hybridized carbons (Fsp3) is 0.889. The van der Waals surface area contributed by atoms with E-state index in [9.17, 15) is 23.1 Å². The Morgan fingerprint density at radius 3 is 2.35 bits per heavy atom. The zero-order valence-corrected chi connectivity index (χ0v) is 16.3. The van der Waals surface area contributed by atoms with Crippen LogP contribution in [0.2, 0.25) is 0 Å². The van der Waals surface area contributed by atoms with Gasteiger partial charge in [0.25, 0.3) is 5.72 Å². The van der Waals surface area contributed by atoms with Crippen molar-refractivity contribution in [1.82, 2.24) is 5.01 Å². The van der Waals surface area contributed by atoms with Crippen molar-refractivity contribution in [3.63, 3.8) is 0 Å². The van der Waals surface area contributed by atoms with E-state index in [-0.39, 0.29) is 28.5 Å². The highest BCUT2D eigenvalue weighted by molar-refractivity contribution is 5.92. The molecule has 0 unspecified atom stereocenters. The van der Waals surface area contributed by atoms with Crippen molar-refractivity contribution >= 4 is 11.8 Å². The molecule has 8 heteroatoms. The number of carbonyl (C=O) groups excluding carboxylic acids is 1. The molecule has 0 aromatic rings. The monoisotopic (exact) mass is 378 g/mol. The summed E-state index contributed by atoms with van der Waals surface area (Å²) in [4.78, 5) is 12.3. The molecule has 1 heterocycles. The van der Waals surface area contributed by atoms with E-state index < -0.39 is 29.5 Å². The van der Waals surface area contributed by atoms with E-state index in [2.05, 4.69) is 5.10 Å². The molecule has 1 fully saturated rings. The Balaban J connectivity index is 2.39. The molecule has 0 saturated heterocycles. The first-order valence-corrected chi connectivity index (χ1v) is 9.03. The molecule has 1 saturated carbocycles. The van der Waals surface area contributed by atoms with E-state index in [1.165, 1.54) is 0 Å². The zero-order chi connectivity index (χ0) is 20.1. The van der Waals surface area contributed by atoms with E-state index in [0.29, 0.717) is 12.8 Å². The van der Waals surface area contributed by atoms with Crippen LogP contribution in [-0.2, 0) is 4.74 Å². The summed E-state index contributed by atoms with van der Waals surface area (Å²) in [5.74, 6) is -1.26. The Kier molecular flexibility index (Phi) is 5.16. The van der Waals surface area contributed by atoms with Gasteiger partial charge in [0, 0.05) is 5.71 Å². The predicted molar refractivity (Wildman–Crippen MR) is 91.4 cm³/mol. The summed E-state index contributed by atoms with van der Waals surface area (Å²) >= 11 is 0. The van der Waals surface area contributed by atoms with Crippen molar-refractivity contribution in [1.29, 1.82) is 0 Å². The Morgan fingerprint density at radius 1 is 1.31 bits per heavy atom. The molecule has 0 aromatic heterocycles. The number of hydrogen-bond donors (Lipinski definition) is 1. The van der Waals surface area contributed by atoms with E-state index in [4.69, 9.17) is 4.74 Å². The molecule has 0 bridgehead atoms. The molecular weight excluding hydrogens is 349 g/mol. The third-order valence-electron chi connectivity index (χ3n) is 5.71. The van der Waals surface area contributed by atoms with Crippen LogP contribution < -0.4 is 0 Å². The van der Waals surface area contributed by atoms with E-state index in [1.807, 2.05) is 20.8 Å². The van der Waals surface area contributed by atoms with Gasteiger partial charge in [-0.05, 0) is 51.4 Å². The largest absolute Gasteiger partial charge is 0.442 e. The number of hydrogen-bond acceptors (Lipinski definition) is 4. The molecule has 3 atom stereocenters. The first kappa shape index (κ1) is 21.0. The smallest absolute Gasteiger partial charge is 0.439 e. The number of halogens is 3. The normalized spacial score (nSPS) is 30.1.